The minimum absolute atomic E-state index is 0.104. The van der Waals surface area contributed by atoms with E-state index in [-0.39, 0.29) is 36.2 Å². The van der Waals surface area contributed by atoms with E-state index < -0.39 is 11.2 Å². The lowest BCUT2D eigenvalue weighted by molar-refractivity contribution is 0.271. The normalized spacial score (nSPS) is 12.5. The molecule has 0 fully saturated rings. The Morgan fingerprint density at radius 1 is 1.19 bits per heavy atom. The van der Waals surface area contributed by atoms with Gasteiger partial charge < -0.3 is 10.4 Å². The molecule has 0 radical (unpaired) electrons. The zero-order valence-electron chi connectivity index (χ0n) is 15.4. The van der Waals surface area contributed by atoms with Gasteiger partial charge in [0.05, 0.1) is 19.2 Å². The molecule has 0 spiro atoms. The molecule has 3 aromatic rings. The average Bonchev–Trinajstić information content (AvgIpc) is 3.02. The number of rotatable bonds is 6. The van der Waals surface area contributed by atoms with Gasteiger partial charge in [0.1, 0.15) is 5.82 Å². The fourth-order valence-corrected chi connectivity index (χ4v) is 2.94. The van der Waals surface area contributed by atoms with Crippen molar-refractivity contribution in [3.8, 4) is 0 Å². The number of anilines is 1. The highest BCUT2D eigenvalue weighted by atomic mass is 19.1. The van der Waals surface area contributed by atoms with Crippen LogP contribution in [-0.4, -0.2) is 36.4 Å². The van der Waals surface area contributed by atoms with Gasteiger partial charge in [0.25, 0.3) is 5.56 Å². The molecule has 9 heteroatoms. The molecule has 1 aromatic carbocycles. The fourth-order valence-electron chi connectivity index (χ4n) is 2.94. The van der Waals surface area contributed by atoms with Gasteiger partial charge in [-0.05, 0) is 24.1 Å². The molecule has 3 rings (SSSR count). The maximum Gasteiger partial charge on any atom is 0.332 e. The highest BCUT2D eigenvalue weighted by molar-refractivity contribution is 5.74. The van der Waals surface area contributed by atoms with Crippen LogP contribution in [0.5, 0.6) is 0 Å². The van der Waals surface area contributed by atoms with Gasteiger partial charge in [-0.25, -0.2) is 9.18 Å². The summed E-state index contributed by atoms with van der Waals surface area (Å²) in [6, 6.07) is 5.69. The molecule has 27 heavy (non-hydrogen) atoms. The Bertz CT molecular complexity index is 1080. The van der Waals surface area contributed by atoms with E-state index in [4.69, 9.17) is 0 Å². The monoisotopic (exact) mass is 375 g/mol. The number of aliphatic hydroxyl groups excluding tert-OH is 1. The Kier molecular flexibility index (Phi) is 5.13. The average molecular weight is 375 g/mol. The maximum absolute atomic E-state index is 13.2. The smallest absolute Gasteiger partial charge is 0.332 e. The Balaban J connectivity index is 2.24. The van der Waals surface area contributed by atoms with Gasteiger partial charge in [0.2, 0.25) is 5.95 Å². The standard InChI is InChI=1S/C18H22FN5O3/c1-4-13(10-25)20-17-21-15-14(16(26)23(3)18(27)22(15)2)24(17)9-11-5-7-12(19)8-6-11/h5-8,13,25H,4,9-10H2,1-3H3,(H,20,21)/t13-/m1/s1. The van der Waals surface area contributed by atoms with Crippen LogP contribution in [0.25, 0.3) is 11.2 Å². The summed E-state index contributed by atoms with van der Waals surface area (Å²) < 4.78 is 17.2. The number of aromatic nitrogens is 4. The summed E-state index contributed by atoms with van der Waals surface area (Å²) in [5.41, 5.74) is 0.346. The van der Waals surface area contributed by atoms with Crippen LogP contribution in [0.15, 0.2) is 33.9 Å². The van der Waals surface area contributed by atoms with Crippen LogP contribution < -0.4 is 16.6 Å². The van der Waals surface area contributed by atoms with E-state index in [1.807, 2.05) is 6.92 Å². The van der Waals surface area contributed by atoms with E-state index in [2.05, 4.69) is 10.3 Å². The largest absolute Gasteiger partial charge is 0.394 e. The lowest BCUT2D eigenvalue weighted by Crippen LogP contribution is -2.37. The molecule has 0 aliphatic heterocycles. The topological polar surface area (TPSA) is 94.1 Å². The van der Waals surface area contributed by atoms with Gasteiger partial charge in [-0.2, -0.15) is 4.98 Å². The van der Waals surface area contributed by atoms with Gasteiger partial charge in [-0.15, -0.1) is 0 Å². The van der Waals surface area contributed by atoms with Crippen molar-refractivity contribution in [2.75, 3.05) is 11.9 Å². The number of nitrogens with one attached hydrogen (secondary N) is 1. The third-order valence-corrected chi connectivity index (χ3v) is 4.65. The van der Waals surface area contributed by atoms with Crippen LogP contribution in [0.1, 0.15) is 18.9 Å². The number of fused-ring (bicyclic) bond motifs is 1. The number of benzene rings is 1. The van der Waals surface area contributed by atoms with Gasteiger partial charge in [-0.3, -0.25) is 18.5 Å². The molecule has 2 aromatic heterocycles. The van der Waals surface area contributed by atoms with Crippen molar-refractivity contribution in [1.82, 2.24) is 18.7 Å². The van der Waals surface area contributed by atoms with Crippen molar-refractivity contribution < 1.29 is 9.50 Å². The van der Waals surface area contributed by atoms with E-state index in [9.17, 15) is 19.1 Å². The molecular weight excluding hydrogens is 353 g/mol. The maximum atomic E-state index is 13.2. The Morgan fingerprint density at radius 2 is 1.85 bits per heavy atom. The second-order valence-corrected chi connectivity index (χ2v) is 6.46. The molecule has 144 valence electrons. The molecule has 2 N–H and O–H groups in total. The summed E-state index contributed by atoms with van der Waals surface area (Å²) in [6.45, 7) is 2.07. The summed E-state index contributed by atoms with van der Waals surface area (Å²) >= 11 is 0. The Morgan fingerprint density at radius 3 is 2.44 bits per heavy atom. The van der Waals surface area contributed by atoms with Crippen LogP contribution in [0.3, 0.4) is 0 Å². The first-order chi connectivity index (χ1) is 12.9. The van der Waals surface area contributed by atoms with Crippen molar-refractivity contribution >= 4 is 17.1 Å². The first-order valence-corrected chi connectivity index (χ1v) is 8.65. The number of imidazole rings is 1. The molecule has 0 aliphatic rings. The molecule has 0 saturated heterocycles. The highest BCUT2D eigenvalue weighted by Gasteiger charge is 2.20. The van der Waals surface area contributed by atoms with E-state index in [0.29, 0.717) is 12.4 Å². The van der Waals surface area contributed by atoms with Gasteiger partial charge in [0, 0.05) is 14.1 Å². The van der Waals surface area contributed by atoms with Gasteiger partial charge in [0.15, 0.2) is 11.2 Å². The zero-order chi connectivity index (χ0) is 19.7. The van der Waals surface area contributed by atoms with Gasteiger partial charge >= 0.3 is 5.69 Å². The molecule has 0 bridgehead atoms. The second-order valence-electron chi connectivity index (χ2n) is 6.46. The Hall–Kier alpha value is -2.94. The first-order valence-electron chi connectivity index (χ1n) is 8.65. The molecule has 0 unspecified atom stereocenters. The van der Waals surface area contributed by atoms with Crippen molar-refractivity contribution in [2.45, 2.75) is 25.9 Å². The van der Waals surface area contributed by atoms with Crippen LogP contribution in [0, 0.1) is 5.82 Å². The quantitative estimate of drug-likeness (QED) is 0.665. The van der Waals surface area contributed by atoms with Crippen molar-refractivity contribution in [2.24, 2.45) is 14.1 Å². The fraction of sp³-hybridized carbons (Fsp3) is 0.389. The van der Waals surface area contributed by atoms with Crippen LogP contribution in [0.4, 0.5) is 10.3 Å². The second kappa shape index (κ2) is 7.36. The predicted molar refractivity (Wildman–Crippen MR) is 101 cm³/mol. The first kappa shape index (κ1) is 18.8. The van der Waals surface area contributed by atoms with Crippen LogP contribution >= 0.6 is 0 Å². The van der Waals surface area contributed by atoms with E-state index in [0.717, 1.165) is 10.1 Å². The van der Waals surface area contributed by atoms with E-state index in [1.165, 1.54) is 23.7 Å². The van der Waals surface area contributed by atoms with E-state index in [1.54, 1.807) is 23.7 Å². The van der Waals surface area contributed by atoms with Crippen LogP contribution in [-0.2, 0) is 20.6 Å². The third-order valence-electron chi connectivity index (χ3n) is 4.65. The third kappa shape index (κ3) is 3.37. The number of halogens is 1. The number of aliphatic hydroxyl groups is 1. The highest BCUT2D eigenvalue weighted by Crippen LogP contribution is 2.19. The lowest BCUT2D eigenvalue weighted by atomic mass is 10.2. The lowest BCUT2D eigenvalue weighted by Gasteiger charge is -2.16. The Labute approximate surface area is 154 Å². The summed E-state index contributed by atoms with van der Waals surface area (Å²) in [5.74, 6) is 0.0192. The molecule has 2 heterocycles. The number of hydrogen-bond donors (Lipinski definition) is 2. The SMILES string of the molecule is CC[C@H](CO)Nc1nc2c(c(=O)n(C)c(=O)n2C)n1Cc1ccc(F)cc1. The van der Waals surface area contributed by atoms with E-state index >= 15 is 0 Å². The molecule has 1 atom stereocenters. The number of hydrogen-bond acceptors (Lipinski definition) is 5. The molecular formula is C18H22FN5O3. The predicted octanol–water partition coefficient (Wildman–Crippen LogP) is 0.804. The molecule has 0 amide bonds. The van der Waals surface area contributed by atoms with Crippen molar-refractivity contribution in [1.29, 1.82) is 0 Å². The summed E-state index contributed by atoms with van der Waals surface area (Å²) in [4.78, 5) is 29.4. The van der Waals surface area contributed by atoms with Crippen molar-refractivity contribution in [3.05, 3.63) is 56.5 Å². The summed E-state index contributed by atoms with van der Waals surface area (Å²) in [6.07, 6.45) is 0.646. The minimum Gasteiger partial charge on any atom is -0.394 e. The minimum atomic E-state index is -0.473. The van der Waals surface area contributed by atoms with Crippen LogP contribution in [0.2, 0.25) is 0 Å². The molecule has 8 nitrogen and oxygen atoms in total. The molecule has 0 aliphatic carbocycles. The van der Waals surface area contributed by atoms with Gasteiger partial charge in [-0.1, -0.05) is 19.1 Å². The number of nitrogens with zero attached hydrogens (tertiary/aromatic N) is 4. The number of aryl methyl sites for hydroxylation is 1. The summed E-state index contributed by atoms with van der Waals surface area (Å²) in [7, 11) is 2.96. The zero-order valence-corrected chi connectivity index (χ0v) is 15.4. The summed E-state index contributed by atoms with van der Waals surface area (Å²) in [5, 5.41) is 12.6. The molecule has 0 saturated carbocycles. The van der Waals surface area contributed by atoms with Crippen molar-refractivity contribution in [3.63, 3.8) is 0 Å².